The van der Waals surface area contributed by atoms with Gasteiger partial charge in [-0.15, -0.1) is 21.5 Å². The number of carbonyl (C=O) groups is 1. The molecule has 208 valence electrons. The molecular formula is C32H33N7OS. The fourth-order valence-electron chi connectivity index (χ4n) is 5.46. The summed E-state index contributed by atoms with van der Waals surface area (Å²) in [4.78, 5) is 20.0. The van der Waals surface area contributed by atoms with Crippen LogP contribution >= 0.6 is 11.3 Å². The standard InChI is InChI=1S/C32H33N7OS/c1-21(2)39(28-18-14-25(15-19-28)30-35-37-38-36-30)32-34-29(20-41-32)24-12-16-27(17-13-24)33-31(40)26-10-8-23(9-11-26)22-6-4-3-5-7-22/h8-22H,3-7H2,1-2H3,(H,33,40)(H,35,36,37,38). The van der Waals surface area contributed by atoms with Crippen molar-refractivity contribution < 1.29 is 4.79 Å². The van der Waals surface area contributed by atoms with Gasteiger partial charge in [-0.2, -0.15) is 5.21 Å². The first-order valence-electron chi connectivity index (χ1n) is 14.2. The van der Waals surface area contributed by atoms with Gasteiger partial charge in [0.05, 0.1) is 5.69 Å². The van der Waals surface area contributed by atoms with E-state index in [-0.39, 0.29) is 11.9 Å². The van der Waals surface area contributed by atoms with Crippen molar-refractivity contribution in [3.05, 3.63) is 89.3 Å². The maximum absolute atomic E-state index is 12.9. The first-order valence-corrected chi connectivity index (χ1v) is 15.0. The molecule has 0 radical (unpaired) electrons. The third-order valence-corrected chi connectivity index (χ3v) is 8.49. The van der Waals surface area contributed by atoms with E-state index in [0.717, 1.165) is 33.3 Å². The van der Waals surface area contributed by atoms with Gasteiger partial charge in [0.1, 0.15) is 0 Å². The van der Waals surface area contributed by atoms with Gasteiger partial charge in [0.25, 0.3) is 5.91 Å². The monoisotopic (exact) mass is 563 g/mol. The van der Waals surface area contributed by atoms with Crippen LogP contribution in [0, 0.1) is 0 Å². The van der Waals surface area contributed by atoms with Crippen LogP contribution in [-0.4, -0.2) is 37.6 Å². The molecule has 0 spiro atoms. The van der Waals surface area contributed by atoms with E-state index >= 15 is 0 Å². The minimum Gasteiger partial charge on any atom is -0.322 e. The molecule has 3 aromatic carbocycles. The van der Waals surface area contributed by atoms with Crippen molar-refractivity contribution in [1.82, 2.24) is 25.6 Å². The highest BCUT2D eigenvalue weighted by Gasteiger charge is 2.19. The molecule has 1 aliphatic rings. The zero-order valence-electron chi connectivity index (χ0n) is 23.2. The van der Waals surface area contributed by atoms with Crippen molar-refractivity contribution in [2.75, 3.05) is 10.2 Å². The van der Waals surface area contributed by atoms with Crippen molar-refractivity contribution in [1.29, 1.82) is 0 Å². The molecule has 8 nitrogen and oxygen atoms in total. The second-order valence-corrected chi connectivity index (χ2v) is 11.6. The Labute approximate surface area is 243 Å². The molecule has 1 amide bonds. The molecule has 2 N–H and O–H groups in total. The SMILES string of the molecule is CC(C)N(c1ccc(-c2nn[nH]n2)cc1)c1nc(-c2ccc(NC(=O)c3ccc(C4CCCCC4)cc3)cc2)cs1. The second-order valence-electron chi connectivity index (χ2n) is 10.7. The number of carbonyl (C=O) groups excluding carboxylic acids is 1. The van der Waals surface area contributed by atoms with Gasteiger partial charge in [0.2, 0.25) is 5.82 Å². The van der Waals surface area contributed by atoms with Crippen LogP contribution in [0.3, 0.4) is 0 Å². The first-order chi connectivity index (χ1) is 20.0. The Morgan fingerprint density at radius 2 is 1.63 bits per heavy atom. The number of H-pyrrole nitrogens is 1. The maximum atomic E-state index is 12.9. The zero-order valence-corrected chi connectivity index (χ0v) is 24.1. The van der Waals surface area contributed by atoms with Crippen LogP contribution in [0.1, 0.15) is 67.8 Å². The number of benzene rings is 3. The molecule has 0 atom stereocenters. The van der Waals surface area contributed by atoms with E-state index in [4.69, 9.17) is 4.98 Å². The molecule has 0 bridgehead atoms. The molecule has 9 heteroatoms. The molecule has 1 aliphatic carbocycles. The number of nitrogens with zero attached hydrogens (tertiary/aromatic N) is 5. The topological polar surface area (TPSA) is 99.7 Å². The molecule has 5 aromatic rings. The number of hydrogen-bond acceptors (Lipinski definition) is 7. The smallest absolute Gasteiger partial charge is 0.255 e. The van der Waals surface area contributed by atoms with E-state index in [1.54, 1.807) is 11.3 Å². The number of thiazole rings is 1. The number of rotatable bonds is 8. The molecule has 1 saturated carbocycles. The lowest BCUT2D eigenvalue weighted by atomic mass is 9.84. The van der Waals surface area contributed by atoms with Gasteiger partial charge in [0, 0.05) is 39.5 Å². The van der Waals surface area contributed by atoms with Gasteiger partial charge in [-0.25, -0.2) is 4.98 Å². The number of anilines is 3. The predicted octanol–water partition coefficient (Wildman–Crippen LogP) is 7.84. The van der Waals surface area contributed by atoms with Crippen LogP contribution in [0.25, 0.3) is 22.6 Å². The Hall–Kier alpha value is -4.37. The van der Waals surface area contributed by atoms with Crippen LogP contribution in [0.15, 0.2) is 78.2 Å². The number of aromatic amines is 1. The van der Waals surface area contributed by atoms with E-state index < -0.39 is 0 Å². The number of amides is 1. The average molecular weight is 564 g/mol. The van der Waals surface area contributed by atoms with Crippen LogP contribution in [0.4, 0.5) is 16.5 Å². The number of tetrazole rings is 1. The third-order valence-electron chi connectivity index (χ3n) is 7.65. The summed E-state index contributed by atoms with van der Waals surface area (Å²) in [5.74, 6) is 1.11. The highest BCUT2D eigenvalue weighted by Crippen LogP contribution is 2.35. The Bertz CT molecular complexity index is 1570. The third kappa shape index (κ3) is 6.05. The largest absolute Gasteiger partial charge is 0.322 e. The second kappa shape index (κ2) is 12.0. The zero-order chi connectivity index (χ0) is 28.2. The summed E-state index contributed by atoms with van der Waals surface area (Å²) in [6, 6.07) is 24.3. The maximum Gasteiger partial charge on any atom is 0.255 e. The van der Waals surface area contributed by atoms with Gasteiger partial charge in [0.15, 0.2) is 5.13 Å². The summed E-state index contributed by atoms with van der Waals surface area (Å²) < 4.78 is 0. The number of aromatic nitrogens is 5. The minimum absolute atomic E-state index is 0.0955. The highest BCUT2D eigenvalue weighted by atomic mass is 32.1. The predicted molar refractivity (Wildman–Crippen MR) is 165 cm³/mol. The normalized spacial score (nSPS) is 13.8. The van der Waals surface area contributed by atoms with E-state index in [1.807, 2.05) is 60.7 Å². The Balaban J connectivity index is 1.12. The summed E-state index contributed by atoms with van der Waals surface area (Å²) >= 11 is 1.61. The van der Waals surface area contributed by atoms with E-state index in [1.165, 1.54) is 37.7 Å². The molecule has 6 rings (SSSR count). The van der Waals surface area contributed by atoms with E-state index in [2.05, 4.69) is 62.2 Å². The van der Waals surface area contributed by atoms with Crippen molar-refractivity contribution in [3.63, 3.8) is 0 Å². The first kappa shape index (κ1) is 26.8. The van der Waals surface area contributed by atoms with E-state index in [0.29, 0.717) is 17.3 Å². The van der Waals surface area contributed by atoms with Crippen LogP contribution in [0.5, 0.6) is 0 Å². The minimum atomic E-state index is -0.0955. The molecule has 0 unspecified atom stereocenters. The van der Waals surface area contributed by atoms with Crippen LogP contribution < -0.4 is 10.2 Å². The van der Waals surface area contributed by atoms with Crippen LogP contribution in [0.2, 0.25) is 0 Å². The molecule has 0 saturated heterocycles. The average Bonchev–Trinajstić information content (AvgIpc) is 3.72. The van der Waals surface area contributed by atoms with Crippen molar-refractivity contribution in [2.24, 2.45) is 0 Å². The van der Waals surface area contributed by atoms with Gasteiger partial charge in [-0.1, -0.05) is 43.5 Å². The summed E-state index contributed by atoms with van der Waals surface area (Å²) in [6.07, 6.45) is 6.46. The van der Waals surface area contributed by atoms with Gasteiger partial charge >= 0.3 is 0 Å². The molecule has 2 heterocycles. The van der Waals surface area contributed by atoms with Crippen molar-refractivity contribution in [3.8, 4) is 22.6 Å². The molecule has 0 aliphatic heterocycles. The molecular weight excluding hydrogens is 530 g/mol. The number of nitrogens with one attached hydrogen (secondary N) is 2. The summed E-state index contributed by atoms with van der Waals surface area (Å²) in [5.41, 5.74) is 6.62. The van der Waals surface area contributed by atoms with Crippen molar-refractivity contribution >= 4 is 33.8 Å². The molecule has 1 fully saturated rings. The lowest BCUT2D eigenvalue weighted by molar-refractivity contribution is 0.102. The summed E-state index contributed by atoms with van der Waals surface area (Å²) in [7, 11) is 0. The fourth-order valence-corrected chi connectivity index (χ4v) is 6.45. The van der Waals surface area contributed by atoms with Gasteiger partial charge in [-0.3, -0.25) is 4.79 Å². The molecule has 41 heavy (non-hydrogen) atoms. The Morgan fingerprint density at radius 3 is 2.29 bits per heavy atom. The lowest BCUT2D eigenvalue weighted by Crippen LogP contribution is -2.25. The highest BCUT2D eigenvalue weighted by molar-refractivity contribution is 7.14. The summed E-state index contributed by atoms with van der Waals surface area (Å²) in [5, 5.41) is 20.2. The lowest BCUT2D eigenvalue weighted by Gasteiger charge is -2.26. The van der Waals surface area contributed by atoms with Gasteiger partial charge < -0.3 is 10.2 Å². The fraction of sp³-hybridized carbons (Fsp3) is 0.281. The molecule has 2 aromatic heterocycles. The van der Waals surface area contributed by atoms with Crippen molar-refractivity contribution in [2.45, 2.75) is 57.9 Å². The van der Waals surface area contributed by atoms with Crippen LogP contribution in [-0.2, 0) is 0 Å². The summed E-state index contributed by atoms with van der Waals surface area (Å²) in [6.45, 7) is 4.30. The number of hydrogen-bond donors (Lipinski definition) is 2. The van der Waals surface area contributed by atoms with Gasteiger partial charge in [-0.05, 0) is 91.9 Å². The Kier molecular flexibility index (Phi) is 7.86. The van der Waals surface area contributed by atoms with E-state index in [9.17, 15) is 4.79 Å². The quantitative estimate of drug-likeness (QED) is 0.200. The Morgan fingerprint density at radius 1 is 0.927 bits per heavy atom.